The molecule has 3 saturated heterocycles. The van der Waals surface area contributed by atoms with Gasteiger partial charge in [0.1, 0.15) is 17.4 Å². The second kappa shape index (κ2) is 9.17. The lowest BCUT2D eigenvalue weighted by atomic mass is 10.00. The van der Waals surface area contributed by atoms with Crippen LogP contribution in [-0.4, -0.2) is 78.9 Å². The summed E-state index contributed by atoms with van der Waals surface area (Å²) in [6.45, 7) is 10.9. The van der Waals surface area contributed by atoms with Crippen molar-refractivity contribution in [2.75, 3.05) is 50.8 Å². The Morgan fingerprint density at radius 3 is 2.63 bits per heavy atom. The summed E-state index contributed by atoms with van der Waals surface area (Å²) in [5.41, 5.74) is 6.60. The van der Waals surface area contributed by atoms with Crippen LogP contribution in [0.25, 0.3) is 22.2 Å². The van der Waals surface area contributed by atoms with Gasteiger partial charge in [-0.25, -0.2) is 4.98 Å². The zero-order valence-electron chi connectivity index (χ0n) is 20.4. The van der Waals surface area contributed by atoms with Crippen LogP contribution in [0.15, 0.2) is 36.7 Å². The highest BCUT2D eigenvalue weighted by atomic mass is 16.5. The number of anilines is 1. The van der Waals surface area contributed by atoms with Crippen LogP contribution < -0.4 is 15.0 Å². The minimum Gasteiger partial charge on any atom is -0.488 e. The van der Waals surface area contributed by atoms with Crippen molar-refractivity contribution in [1.82, 2.24) is 20.2 Å². The largest absolute Gasteiger partial charge is 0.488 e. The van der Waals surface area contributed by atoms with Crippen molar-refractivity contribution in [3.8, 4) is 16.9 Å². The molecule has 3 aromatic rings. The van der Waals surface area contributed by atoms with Crippen molar-refractivity contribution in [1.29, 1.82) is 0 Å². The highest BCUT2D eigenvalue weighted by Gasteiger charge is 2.30. The zero-order valence-corrected chi connectivity index (χ0v) is 20.4. The number of hydrogen-bond donors (Lipinski definition) is 2. The van der Waals surface area contributed by atoms with Crippen molar-refractivity contribution in [2.24, 2.45) is 5.92 Å². The number of fused-ring (bicyclic) bond motifs is 1. The van der Waals surface area contributed by atoms with Crippen LogP contribution >= 0.6 is 0 Å². The van der Waals surface area contributed by atoms with Crippen LogP contribution in [0.5, 0.6) is 5.75 Å². The van der Waals surface area contributed by atoms with Gasteiger partial charge in [0.15, 0.2) is 0 Å². The Kier molecular flexibility index (Phi) is 5.86. The fraction of sp³-hybridized carbons (Fsp3) is 0.481. The van der Waals surface area contributed by atoms with E-state index in [1.165, 1.54) is 11.3 Å². The summed E-state index contributed by atoms with van der Waals surface area (Å²) in [4.78, 5) is 24.5. The number of nitrogens with zero attached hydrogens (tertiary/aromatic N) is 3. The Morgan fingerprint density at radius 1 is 1.11 bits per heavy atom. The molecule has 0 bridgehead atoms. The van der Waals surface area contributed by atoms with Gasteiger partial charge in [0.25, 0.3) is 0 Å². The molecule has 4 heterocycles. The summed E-state index contributed by atoms with van der Waals surface area (Å²) in [6, 6.07) is 11.6. The second-order valence-corrected chi connectivity index (χ2v) is 10.1. The van der Waals surface area contributed by atoms with E-state index in [-0.39, 0.29) is 17.9 Å². The van der Waals surface area contributed by atoms with Gasteiger partial charge in [-0.05, 0) is 54.8 Å². The number of ether oxygens (including phenoxy) is 2. The fourth-order valence-corrected chi connectivity index (χ4v) is 5.48. The van der Waals surface area contributed by atoms with Gasteiger partial charge in [-0.3, -0.25) is 9.69 Å². The van der Waals surface area contributed by atoms with Crippen molar-refractivity contribution in [3.05, 3.63) is 42.2 Å². The van der Waals surface area contributed by atoms with Gasteiger partial charge in [0.05, 0.1) is 31.1 Å². The second-order valence-electron chi connectivity index (χ2n) is 10.1. The molecule has 0 aliphatic carbocycles. The molecular formula is C27H33N5O3. The number of H-pyrrole nitrogens is 1. The van der Waals surface area contributed by atoms with E-state index >= 15 is 0 Å². The van der Waals surface area contributed by atoms with Crippen LogP contribution in [0.2, 0.25) is 0 Å². The van der Waals surface area contributed by atoms with E-state index in [0.717, 1.165) is 67.3 Å². The molecule has 0 unspecified atom stereocenters. The first-order valence-electron chi connectivity index (χ1n) is 12.6. The van der Waals surface area contributed by atoms with E-state index in [1.807, 2.05) is 6.92 Å². The predicted molar refractivity (Wildman–Crippen MR) is 136 cm³/mol. The number of piperazine rings is 1. The average Bonchev–Trinajstić information content (AvgIpc) is 3.47. The minimum absolute atomic E-state index is 0.0848. The Labute approximate surface area is 205 Å². The van der Waals surface area contributed by atoms with Gasteiger partial charge >= 0.3 is 0 Å². The maximum Gasteiger partial charge on any atom is 0.220 e. The molecule has 2 N–H and O–H groups in total. The molecular weight excluding hydrogens is 442 g/mol. The summed E-state index contributed by atoms with van der Waals surface area (Å²) >= 11 is 0. The molecule has 2 aromatic carbocycles. The third-order valence-corrected chi connectivity index (χ3v) is 7.80. The maximum atomic E-state index is 11.7. The lowest BCUT2D eigenvalue weighted by molar-refractivity contribution is -0.119. The molecule has 8 heteroatoms. The molecule has 1 amide bonds. The number of carbonyl (C=O) groups excluding carboxylic acids is 1. The SMILES string of the molecule is Cc1cc(-c2cc(O[C@H](C)[C@H]3CNC(=O)C3)c3nc[nH]c3c2)ccc1N1CCN(C2COC2)CC1. The number of imidazole rings is 1. The van der Waals surface area contributed by atoms with E-state index in [9.17, 15) is 4.79 Å². The van der Waals surface area contributed by atoms with E-state index < -0.39 is 0 Å². The molecule has 3 aliphatic heterocycles. The lowest BCUT2D eigenvalue weighted by Gasteiger charge is -2.43. The van der Waals surface area contributed by atoms with Gasteiger partial charge < -0.3 is 24.7 Å². The quantitative estimate of drug-likeness (QED) is 0.571. The summed E-state index contributed by atoms with van der Waals surface area (Å²) in [6.07, 6.45) is 2.13. The highest BCUT2D eigenvalue weighted by molar-refractivity contribution is 5.88. The number of rotatable bonds is 6. The molecule has 2 atom stereocenters. The van der Waals surface area contributed by atoms with Crippen LogP contribution in [-0.2, 0) is 9.53 Å². The van der Waals surface area contributed by atoms with E-state index in [1.54, 1.807) is 6.33 Å². The molecule has 0 spiro atoms. The summed E-state index contributed by atoms with van der Waals surface area (Å²) in [5.74, 6) is 1.01. The van der Waals surface area contributed by atoms with E-state index in [2.05, 4.69) is 62.3 Å². The maximum absolute atomic E-state index is 11.7. The van der Waals surface area contributed by atoms with Crippen LogP contribution in [0.4, 0.5) is 5.69 Å². The molecule has 3 fully saturated rings. The van der Waals surface area contributed by atoms with Crippen molar-refractivity contribution < 1.29 is 14.3 Å². The third-order valence-electron chi connectivity index (χ3n) is 7.80. The molecule has 1 aromatic heterocycles. The number of aryl methyl sites for hydroxylation is 1. The molecule has 3 aliphatic rings. The van der Waals surface area contributed by atoms with Gasteiger partial charge in [-0.2, -0.15) is 0 Å². The summed E-state index contributed by atoms with van der Waals surface area (Å²) in [7, 11) is 0. The molecule has 35 heavy (non-hydrogen) atoms. The fourth-order valence-electron chi connectivity index (χ4n) is 5.48. The van der Waals surface area contributed by atoms with Crippen molar-refractivity contribution >= 4 is 22.6 Å². The number of hydrogen-bond acceptors (Lipinski definition) is 6. The number of aromatic amines is 1. The molecule has 184 valence electrons. The van der Waals surface area contributed by atoms with Gasteiger partial charge in [-0.1, -0.05) is 6.07 Å². The normalized spacial score (nSPS) is 22.3. The molecule has 0 radical (unpaired) electrons. The van der Waals surface area contributed by atoms with E-state index in [4.69, 9.17) is 9.47 Å². The van der Waals surface area contributed by atoms with Crippen molar-refractivity contribution in [2.45, 2.75) is 32.4 Å². The van der Waals surface area contributed by atoms with Crippen LogP contribution in [0.3, 0.4) is 0 Å². The van der Waals surface area contributed by atoms with Gasteiger partial charge in [-0.15, -0.1) is 0 Å². The monoisotopic (exact) mass is 475 g/mol. The lowest BCUT2D eigenvalue weighted by Crippen LogP contribution is -2.56. The number of benzene rings is 2. The number of amides is 1. The van der Waals surface area contributed by atoms with Crippen molar-refractivity contribution in [3.63, 3.8) is 0 Å². The van der Waals surface area contributed by atoms with E-state index in [0.29, 0.717) is 19.0 Å². The smallest absolute Gasteiger partial charge is 0.220 e. The first-order chi connectivity index (χ1) is 17.0. The zero-order chi connectivity index (χ0) is 23.9. The summed E-state index contributed by atoms with van der Waals surface area (Å²) < 4.78 is 11.7. The molecule has 0 saturated carbocycles. The Bertz CT molecular complexity index is 1230. The van der Waals surface area contributed by atoms with Crippen LogP contribution in [0.1, 0.15) is 18.9 Å². The Morgan fingerprint density at radius 2 is 1.94 bits per heavy atom. The predicted octanol–water partition coefficient (Wildman–Crippen LogP) is 2.96. The highest BCUT2D eigenvalue weighted by Crippen LogP contribution is 2.35. The number of nitrogens with one attached hydrogen (secondary N) is 2. The Balaban J connectivity index is 1.22. The number of carbonyl (C=O) groups is 1. The number of aromatic nitrogens is 2. The minimum atomic E-state index is -0.0848. The molecule has 8 nitrogen and oxygen atoms in total. The Hall–Kier alpha value is -3.10. The average molecular weight is 476 g/mol. The summed E-state index contributed by atoms with van der Waals surface area (Å²) in [5, 5.41) is 2.90. The standard InChI is InChI=1S/C27H33N5O3/c1-17-9-19(3-4-24(17)32-7-5-31(6-8-32)22-14-34-15-22)20-10-23-27(30-16-29-23)25(11-20)35-18(2)21-12-26(33)28-13-21/h3-4,9-11,16,18,21-22H,5-8,12-15H2,1-2H3,(H,28,33)(H,29,30)/t18-,21-/m1/s1. The van der Waals surface area contributed by atoms with Gasteiger partial charge in [0, 0.05) is 50.7 Å². The molecule has 6 rings (SSSR count). The van der Waals surface area contributed by atoms with Crippen LogP contribution in [0, 0.1) is 12.8 Å². The first-order valence-corrected chi connectivity index (χ1v) is 12.6. The third kappa shape index (κ3) is 4.36. The topological polar surface area (TPSA) is 82.7 Å². The van der Waals surface area contributed by atoms with Gasteiger partial charge in [0.2, 0.25) is 5.91 Å². The first kappa shape index (κ1) is 22.4.